The minimum absolute atomic E-state index is 0.660. The number of nitrogens with zero attached hydrogens (tertiary/aromatic N) is 2. The molecule has 17 rings (SSSR count). The Labute approximate surface area is 476 Å². The van der Waals surface area contributed by atoms with Gasteiger partial charge in [-0.15, -0.1) is 0 Å². The molecule has 2 aliphatic carbocycles. The molecule has 388 valence electrons. The summed E-state index contributed by atoms with van der Waals surface area (Å²) in [6.45, 7) is 9.33. The van der Waals surface area contributed by atoms with Crippen molar-refractivity contribution in [2.24, 2.45) is 0 Å². The first-order valence-electron chi connectivity index (χ1n) is 28.6. The summed E-state index contributed by atoms with van der Waals surface area (Å²) in [6, 6.07) is 94.6. The molecule has 0 aliphatic heterocycles. The summed E-state index contributed by atoms with van der Waals surface area (Å²) in [5.74, 6) is 0. The summed E-state index contributed by atoms with van der Waals surface area (Å²) in [5, 5.41) is 13.2. The van der Waals surface area contributed by atoms with E-state index in [9.17, 15) is 0 Å². The number of anilines is 6. The van der Waals surface area contributed by atoms with E-state index in [1.54, 1.807) is 0 Å². The van der Waals surface area contributed by atoms with E-state index in [2.05, 4.69) is 291 Å². The zero-order chi connectivity index (χ0) is 54.6. The smallest absolute Gasteiger partial charge is 0.159 e. The monoisotopic (exact) mass is 1070 g/mol. The SMILES string of the molecule is Cc1cccc2c1oc1c(N(c3ccccc3)c3ccc4c5c(ccc4c3)-c3ccc4cc(N(c6ccccc6)c6cccc7c6oc6c([Si](C)(C)C)cccc67)ccc4c3C53c4ccccc4-c4c3ccc3ccccc43)cccc12. The highest BCUT2D eigenvalue weighted by Crippen LogP contribution is 2.66. The van der Waals surface area contributed by atoms with Gasteiger partial charge >= 0.3 is 0 Å². The minimum atomic E-state index is -1.74. The number of hydrogen-bond donors (Lipinski definition) is 0. The van der Waals surface area contributed by atoms with Crippen LogP contribution >= 0.6 is 0 Å². The molecule has 2 aromatic heterocycles. The molecule has 15 aromatic rings. The Morgan fingerprint density at radius 3 is 1.43 bits per heavy atom. The molecule has 82 heavy (non-hydrogen) atoms. The summed E-state index contributed by atoms with van der Waals surface area (Å²) in [5.41, 5.74) is 20.8. The number of aryl methyl sites for hydroxylation is 1. The number of rotatable bonds is 7. The average Bonchev–Trinajstić information content (AvgIpc) is 2.37. The van der Waals surface area contributed by atoms with Gasteiger partial charge in [-0.2, -0.15) is 0 Å². The second-order valence-electron chi connectivity index (χ2n) is 23.5. The Bertz CT molecular complexity index is 5180. The zero-order valence-electron chi connectivity index (χ0n) is 46.0. The summed E-state index contributed by atoms with van der Waals surface area (Å²) in [4.78, 5) is 4.76. The van der Waals surface area contributed by atoms with E-state index in [-0.39, 0.29) is 0 Å². The maximum absolute atomic E-state index is 7.13. The van der Waals surface area contributed by atoms with Gasteiger partial charge in [-0.1, -0.05) is 214 Å². The minimum Gasteiger partial charge on any atom is -0.454 e. The lowest BCUT2D eigenvalue weighted by Gasteiger charge is -2.33. The lowest BCUT2D eigenvalue weighted by atomic mass is 9.68. The standard InChI is InChI=1S/C77H54N2O2Si/c1-47-19-15-27-60-61-28-16-32-67(74(61)80-73(47)60)78(51-21-7-5-8-22-51)53-38-42-56-49(45-53)35-40-58-59-41-36-50-46-54(79(52-23-9-6-10-24-52)68-33-17-29-62-63-30-18-34-69(82(2,3)4)76(63)81-75(62)68)39-43-57(50)72(59)77(71(56)58)65-31-14-13-26-64(65)70-55-25-12-11-20-48(55)37-44-66(70)77/h5-46H,1-4H3. The van der Waals surface area contributed by atoms with E-state index in [1.165, 1.54) is 87.4 Å². The molecule has 13 aromatic carbocycles. The fraction of sp³-hybridized carbons (Fsp3) is 0.0649. The maximum atomic E-state index is 7.13. The van der Waals surface area contributed by atoms with Crippen molar-refractivity contribution in [3.05, 3.63) is 283 Å². The second-order valence-corrected chi connectivity index (χ2v) is 28.6. The highest BCUT2D eigenvalue weighted by Gasteiger charge is 2.53. The largest absolute Gasteiger partial charge is 0.454 e. The van der Waals surface area contributed by atoms with Gasteiger partial charge in [0, 0.05) is 44.3 Å². The van der Waals surface area contributed by atoms with Crippen LogP contribution in [0.4, 0.5) is 34.1 Å². The van der Waals surface area contributed by atoms with E-state index >= 15 is 0 Å². The van der Waals surface area contributed by atoms with Crippen LogP contribution in [0.15, 0.2) is 264 Å². The van der Waals surface area contributed by atoms with Crippen LogP contribution in [0.3, 0.4) is 0 Å². The van der Waals surface area contributed by atoms with Gasteiger partial charge < -0.3 is 18.6 Å². The van der Waals surface area contributed by atoms with Crippen molar-refractivity contribution >= 4 is 124 Å². The number of fused-ring (bicyclic) bond motifs is 22. The Balaban J connectivity index is 0.908. The third-order valence-electron chi connectivity index (χ3n) is 18.0. The fourth-order valence-electron chi connectivity index (χ4n) is 14.6. The molecule has 0 bridgehead atoms. The lowest BCUT2D eigenvalue weighted by Crippen LogP contribution is -2.37. The fourth-order valence-corrected chi connectivity index (χ4v) is 16.0. The predicted molar refractivity (Wildman–Crippen MR) is 347 cm³/mol. The van der Waals surface area contributed by atoms with Crippen molar-refractivity contribution < 1.29 is 8.83 Å². The molecule has 2 aliphatic rings. The molecule has 0 radical (unpaired) electrons. The molecule has 4 nitrogen and oxygen atoms in total. The number of para-hydroxylation sites is 6. The number of hydrogen-bond acceptors (Lipinski definition) is 4. The van der Waals surface area contributed by atoms with Gasteiger partial charge in [-0.05, 0) is 155 Å². The van der Waals surface area contributed by atoms with Gasteiger partial charge in [0.25, 0.3) is 0 Å². The molecule has 2 heterocycles. The quantitative estimate of drug-likeness (QED) is 0.149. The van der Waals surface area contributed by atoms with Crippen LogP contribution in [0.5, 0.6) is 0 Å². The van der Waals surface area contributed by atoms with Crippen LogP contribution in [0.25, 0.3) is 98.4 Å². The highest BCUT2D eigenvalue weighted by molar-refractivity contribution is 6.90. The van der Waals surface area contributed by atoms with Crippen LogP contribution in [0.2, 0.25) is 19.6 Å². The lowest BCUT2D eigenvalue weighted by molar-refractivity contribution is 0.666. The Hall–Kier alpha value is -9.94. The first-order chi connectivity index (χ1) is 40.2. The molecule has 0 saturated carbocycles. The van der Waals surface area contributed by atoms with Gasteiger partial charge in [0.15, 0.2) is 11.2 Å². The zero-order valence-corrected chi connectivity index (χ0v) is 47.0. The van der Waals surface area contributed by atoms with Gasteiger partial charge in [0.05, 0.1) is 24.9 Å². The molecular weight excluding hydrogens is 1010 g/mol. The normalized spacial score (nSPS) is 14.4. The van der Waals surface area contributed by atoms with Crippen LogP contribution in [0, 0.1) is 6.92 Å². The third-order valence-corrected chi connectivity index (χ3v) is 20.0. The van der Waals surface area contributed by atoms with E-state index in [4.69, 9.17) is 8.83 Å². The molecule has 0 saturated heterocycles. The summed E-state index contributed by atoms with van der Waals surface area (Å²) in [7, 11) is -1.74. The van der Waals surface area contributed by atoms with Crippen molar-refractivity contribution in [3.8, 4) is 22.3 Å². The van der Waals surface area contributed by atoms with Crippen LogP contribution in [0.1, 0.15) is 27.8 Å². The van der Waals surface area contributed by atoms with Crippen molar-refractivity contribution in [3.63, 3.8) is 0 Å². The van der Waals surface area contributed by atoms with Gasteiger partial charge in [-0.25, -0.2) is 0 Å². The molecular formula is C77H54N2O2Si. The molecule has 0 amide bonds. The maximum Gasteiger partial charge on any atom is 0.159 e. The average molecular weight is 1070 g/mol. The Morgan fingerprint density at radius 1 is 0.329 bits per heavy atom. The van der Waals surface area contributed by atoms with Crippen LogP contribution in [-0.2, 0) is 5.41 Å². The number of furan rings is 2. The predicted octanol–water partition coefficient (Wildman–Crippen LogP) is 21.1. The third kappa shape index (κ3) is 6.48. The van der Waals surface area contributed by atoms with Crippen molar-refractivity contribution in [1.82, 2.24) is 0 Å². The van der Waals surface area contributed by atoms with E-state index < -0.39 is 13.5 Å². The van der Waals surface area contributed by atoms with Gasteiger partial charge in [0.1, 0.15) is 11.2 Å². The molecule has 0 N–H and O–H groups in total. The highest BCUT2D eigenvalue weighted by atomic mass is 28.3. The summed E-state index contributed by atoms with van der Waals surface area (Å²) in [6.07, 6.45) is 0. The number of benzene rings is 13. The van der Waals surface area contributed by atoms with Gasteiger partial charge in [-0.3, -0.25) is 0 Å². The van der Waals surface area contributed by atoms with E-state index in [0.717, 1.165) is 78.2 Å². The topological polar surface area (TPSA) is 32.8 Å². The van der Waals surface area contributed by atoms with E-state index in [1.807, 2.05) is 0 Å². The summed E-state index contributed by atoms with van der Waals surface area (Å²) >= 11 is 0. The van der Waals surface area contributed by atoms with Crippen molar-refractivity contribution in [1.29, 1.82) is 0 Å². The first-order valence-corrected chi connectivity index (χ1v) is 32.1. The van der Waals surface area contributed by atoms with Gasteiger partial charge in [0.2, 0.25) is 0 Å². The van der Waals surface area contributed by atoms with E-state index in [0.29, 0.717) is 0 Å². The van der Waals surface area contributed by atoms with Crippen molar-refractivity contribution in [2.45, 2.75) is 32.0 Å². The Morgan fingerprint density at radius 2 is 0.817 bits per heavy atom. The molecule has 1 spiro atoms. The van der Waals surface area contributed by atoms with Crippen LogP contribution in [-0.4, -0.2) is 8.07 Å². The molecule has 5 heteroatoms. The van der Waals surface area contributed by atoms with Crippen molar-refractivity contribution in [2.75, 3.05) is 9.80 Å². The molecule has 1 unspecified atom stereocenters. The molecule has 0 fully saturated rings. The summed E-state index contributed by atoms with van der Waals surface area (Å²) < 4.78 is 14.0. The second kappa shape index (κ2) is 17.3. The first kappa shape index (κ1) is 46.9. The molecule has 1 atom stereocenters. The Kier molecular flexibility index (Phi) is 9.89. The van der Waals surface area contributed by atoms with Crippen LogP contribution < -0.4 is 15.0 Å².